The highest BCUT2D eigenvalue weighted by Crippen LogP contribution is 2.46. The molecule has 1 aliphatic heterocycles. The molecule has 0 radical (unpaired) electrons. The number of carbonyl (C=O) groups is 1. The average Bonchev–Trinajstić information content (AvgIpc) is 2.34. The molecule has 1 N–H and O–H groups in total. The molecule has 5 nitrogen and oxygen atoms in total. The van der Waals surface area contributed by atoms with E-state index in [1.54, 1.807) is 0 Å². The lowest BCUT2D eigenvalue weighted by atomic mass is 9.77. The number of halogens is 2. The minimum atomic E-state index is -4.26. The number of carbonyl (C=O) groups excluding carboxylic acids is 1. The average molecular weight is 265 g/mol. The topological polar surface area (TPSA) is 78.8 Å². The minimum absolute atomic E-state index is 0.0480. The first-order valence-corrected chi connectivity index (χ1v) is 5.91. The molecule has 0 amide bonds. The van der Waals surface area contributed by atoms with Crippen LogP contribution in [0.2, 0.25) is 0 Å². The van der Waals surface area contributed by atoms with Gasteiger partial charge in [-0.05, 0) is 19.3 Å². The van der Waals surface area contributed by atoms with Gasteiger partial charge >= 0.3 is 5.92 Å². The van der Waals surface area contributed by atoms with Gasteiger partial charge in [-0.1, -0.05) is 0 Å². The Kier molecular flexibility index (Phi) is 3.33. The van der Waals surface area contributed by atoms with Crippen LogP contribution in [0.15, 0.2) is 0 Å². The number of hydrogen-bond donors (Lipinski definition) is 1. The lowest BCUT2D eigenvalue weighted by molar-refractivity contribution is -0.353. The number of hydrogen-bond acceptors (Lipinski definition) is 5. The van der Waals surface area contributed by atoms with Crippen LogP contribution in [0.4, 0.5) is 8.78 Å². The third-order valence-electron chi connectivity index (χ3n) is 3.70. The summed E-state index contributed by atoms with van der Waals surface area (Å²) in [5, 5.41) is 20.2. The van der Waals surface area contributed by atoms with E-state index in [4.69, 9.17) is 9.47 Å². The Balaban J connectivity index is 2.07. The fraction of sp³-hybridized carbons (Fsp3) is 0.909. The van der Waals surface area contributed by atoms with E-state index in [0.29, 0.717) is 13.2 Å². The van der Waals surface area contributed by atoms with Crippen LogP contribution in [0.1, 0.15) is 32.1 Å². The summed E-state index contributed by atoms with van der Waals surface area (Å²) in [6.45, 7) is 0.963. The van der Waals surface area contributed by atoms with Crippen molar-refractivity contribution in [1.82, 2.24) is 0 Å². The highest BCUT2D eigenvalue weighted by molar-refractivity contribution is 5.75. The van der Waals surface area contributed by atoms with Gasteiger partial charge in [0.05, 0.1) is 13.2 Å². The van der Waals surface area contributed by atoms with Crippen molar-refractivity contribution in [3.63, 3.8) is 0 Å². The second kappa shape index (κ2) is 4.40. The molecule has 2 rings (SSSR count). The summed E-state index contributed by atoms with van der Waals surface area (Å²) < 4.78 is 37.6. The van der Waals surface area contributed by atoms with Gasteiger partial charge in [-0.15, -0.1) is 0 Å². The fourth-order valence-corrected chi connectivity index (χ4v) is 2.45. The van der Waals surface area contributed by atoms with E-state index in [1.807, 2.05) is 0 Å². The van der Waals surface area contributed by atoms with Gasteiger partial charge in [0.15, 0.2) is 5.79 Å². The molecule has 0 atom stereocenters. The molecular weight excluding hydrogens is 250 g/mol. The minimum Gasteiger partial charge on any atom is -0.544 e. The third kappa shape index (κ3) is 2.10. The van der Waals surface area contributed by atoms with Crippen LogP contribution in [0.5, 0.6) is 0 Å². The summed E-state index contributed by atoms with van der Waals surface area (Å²) in [5.41, 5.74) is -2.58. The quantitative estimate of drug-likeness (QED) is 0.748. The molecule has 2 fully saturated rings. The van der Waals surface area contributed by atoms with Gasteiger partial charge in [0.25, 0.3) is 0 Å². The summed E-state index contributed by atoms with van der Waals surface area (Å²) in [6, 6.07) is 0. The highest BCUT2D eigenvalue weighted by atomic mass is 19.3. The molecule has 0 aromatic carbocycles. The van der Waals surface area contributed by atoms with Crippen LogP contribution in [-0.4, -0.2) is 41.6 Å². The smallest absolute Gasteiger partial charge is 0.315 e. The Morgan fingerprint density at radius 3 is 2.11 bits per heavy atom. The number of alkyl halides is 2. The number of ether oxygens (including phenoxy) is 2. The zero-order chi connectivity index (χ0) is 13.4. The lowest BCUT2D eigenvalue weighted by Gasteiger charge is -2.47. The van der Waals surface area contributed by atoms with E-state index < -0.39 is 36.1 Å². The van der Waals surface area contributed by atoms with Crippen molar-refractivity contribution in [2.75, 3.05) is 13.2 Å². The standard InChI is InChI=1S/C11H16F2O5/c12-11(13,8(14)15)9(16)2-4-10(5-3-9)17-6-1-7-18-10/h16H,1-7H2,(H,14,15)/p-1. The summed E-state index contributed by atoms with van der Waals surface area (Å²) in [5.74, 6) is -7.75. The van der Waals surface area contributed by atoms with Crippen LogP contribution in [0.3, 0.4) is 0 Å². The van der Waals surface area contributed by atoms with E-state index in [2.05, 4.69) is 0 Å². The van der Waals surface area contributed by atoms with Gasteiger partial charge in [0.1, 0.15) is 11.6 Å². The largest absolute Gasteiger partial charge is 0.544 e. The van der Waals surface area contributed by atoms with Gasteiger partial charge in [0.2, 0.25) is 0 Å². The molecule has 0 aromatic heterocycles. The number of rotatable bonds is 2. The van der Waals surface area contributed by atoms with Gasteiger partial charge < -0.3 is 24.5 Å². The van der Waals surface area contributed by atoms with Gasteiger partial charge in [-0.25, -0.2) is 0 Å². The van der Waals surface area contributed by atoms with Crippen molar-refractivity contribution in [3.8, 4) is 0 Å². The van der Waals surface area contributed by atoms with E-state index in [0.717, 1.165) is 6.42 Å². The molecule has 0 bridgehead atoms. The first kappa shape index (κ1) is 13.6. The third-order valence-corrected chi connectivity index (χ3v) is 3.70. The molecule has 18 heavy (non-hydrogen) atoms. The SMILES string of the molecule is O=C([O-])C(F)(F)C1(O)CCC2(CC1)OCCCO2. The summed E-state index contributed by atoms with van der Waals surface area (Å²) in [7, 11) is 0. The monoisotopic (exact) mass is 265 g/mol. The Labute approximate surface area is 103 Å². The first-order chi connectivity index (χ1) is 8.31. The molecule has 0 unspecified atom stereocenters. The predicted octanol–water partition coefficient (Wildman–Crippen LogP) is -0.190. The van der Waals surface area contributed by atoms with E-state index in [1.165, 1.54) is 0 Å². The fourth-order valence-electron chi connectivity index (χ4n) is 2.45. The van der Waals surface area contributed by atoms with Crippen LogP contribution >= 0.6 is 0 Å². The van der Waals surface area contributed by atoms with E-state index >= 15 is 0 Å². The molecule has 1 heterocycles. The van der Waals surface area contributed by atoms with Crippen molar-refractivity contribution in [1.29, 1.82) is 0 Å². The van der Waals surface area contributed by atoms with Crippen LogP contribution in [0, 0.1) is 0 Å². The van der Waals surface area contributed by atoms with Crippen molar-refractivity contribution in [2.45, 2.75) is 49.4 Å². The molecule has 1 saturated carbocycles. The Morgan fingerprint density at radius 2 is 1.67 bits per heavy atom. The van der Waals surface area contributed by atoms with Crippen LogP contribution in [0.25, 0.3) is 0 Å². The normalized spacial score (nSPS) is 27.1. The van der Waals surface area contributed by atoms with Gasteiger partial charge in [-0.3, -0.25) is 0 Å². The molecule has 2 aliphatic rings. The van der Waals surface area contributed by atoms with Gasteiger partial charge in [0, 0.05) is 12.8 Å². The van der Waals surface area contributed by atoms with Crippen LogP contribution < -0.4 is 5.11 Å². The Bertz CT molecular complexity index is 328. The lowest BCUT2D eigenvalue weighted by Crippen LogP contribution is -2.61. The second-order valence-electron chi connectivity index (χ2n) is 4.85. The number of carboxylic acids is 1. The number of aliphatic hydroxyl groups is 1. The molecule has 7 heteroatoms. The first-order valence-electron chi connectivity index (χ1n) is 5.91. The maximum atomic E-state index is 13.4. The summed E-state index contributed by atoms with van der Waals surface area (Å²) >= 11 is 0. The molecular formula is C11H15F2O5-. The maximum Gasteiger partial charge on any atom is 0.315 e. The van der Waals surface area contributed by atoms with E-state index in [-0.39, 0.29) is 12.8 Å². The van der Waals surface area contributed by atoms with Crippen molar-refractivity contribution < 1.29 is 33.3 Å². The highest BCUT2D eigenvalue weighted by Gasteiger charge is 2.58. The number of aliphatic carboxylic acids is 1. The summed E-state index contributed by atoms with van der Waals surface area (Å²) in [4.78, 5) is 10.4. The van der Waals surface area contributed by atoms with Gasteiger partial charge in [-0.2, -0.15) is 8.78 Å². The number of carboxylic acid groups (broad SMARTS) is 1. The predicted molar refractivity (Wildman–Crippen MR) is 52.6 cm³/mol. The molecule has 1 spiro atoms. The maximum absolute atomic E-state index is 13.4. The summed E-state index contributed by atoms with van der Waals surface area (Å²) in [6.07, 6.45) is 0.0436. The van der Waals surface area contributed by atoms with Crippen molar-refractivity contribution in [3.05, 3.63) is 0 Å². The second-order valence-corrected chi connectivity index (χ2v) is 4.85. The molecule has 1 saturated heterocycles. The van der Waals surface area contributed by atoms with Crippen molar-refractivity contribution >= 4 is 5.97 Å². The zero-order valence-electron chi connectivity index (χ0n) is 9.79. The van der Waals surface area contributed by atoms with Crippen molar-refractivity contribution in [2.24, 2.45) is 0 Å². The Hall–Kier alpha value is -0.790. The van der Waals surface area contributed by atoms with Crippen LogP contribution in [-0.2, 0) is 14.3 Å². The molecule has 1 aliphatic carbocycles. The molecule has 0 aromatic rings. The zero-order valence-corrected chi connectivity index (χ0v) is 9.79. The Morgan fingerprint density at radius 1 is 1.17 bits per heavy atom. The molecule has 104 valence electrons. The van der Waals surface area contributed by atoms with E-state index in [9.17, 15) is 23.8 Å².